The minimum atomic E-state index is -0.364. The lowest BCUT2D eigenvalue weighted by Crippen LogP contribution is -2.47. The topological polar surface area (TPSA) is 29.5 Å². The van der Waals surface area contributed by atoms with Crippen LogP contribution in [0, 0.1) is 5.82 Å². The highest BCUT2D eigenvalue weighted by atomic mass is 19.1. The highest BCUT2D eigenvalue weighted by Crippen LogP contribution is 2.36. The number of hydrogen-bond acceptors (Lipinski definition) is 2. The summed E-state index contributed by atoms with van der Waals surface area (Å²) in [6.07, 6.45) is 0.658. The van der Waals surface area contributed by atoms with Gasteiger partial charge in [0.25, 0.3) is 0 Å². The summed E-state index contributed by atoms with van der Waals surface area (Å²) in [5, 5.41) is 0. The summed E-state index contributed by atoms with van der Waals surface area (Å²) in [5.74, 6) is 0.340. The van der Waals surface area contributed by atoms with Crippen molar-refractivity contribution in [1.82, 2.24) is 4.90 Å². The second kappa shape index (κ2) is 6.87. The Bertz CT molecular complexity index is 766. The van der Waals surface area contributed by atoms with Crippen LogP contribution in [-0.4, -0.2) is 23.0 Å². The van der Waals surface area contributed by atoms with E-state index >= 15 is 0 Å². The van der Waals surface area contributed by atoms with Crippen LogP contribution in [0.15, 0.2) is 48.5 Å². The predicted octanol–water partition coefficient (Wildman–Crippen LogP) is 4.52. The van der Waals surface area contributed by atoms with E-state index in [0.29, 0.717) is 19.6 Å². The van der Waals surface area contributed by atoms with Gasteiger partial charge in [0.05, 0.1) is 12.5 Å². The molecule has 0 radical (unpaired) electrons. The van der Waals surface area contributed by atoms with E-state index in [0.717, 1.165) is 16.9 Å². The van der Waals surface area contributed by atoms with Crippen molar-refractivity contribution in [3.05, 3.63) is 65.5 Å². The van der Waals surface area contributed by atoms with Crippen molar-refractivity contribution in [2.24, 2.45) is 0 Å². The van der Waals surface area contributed by atoms with E-state index in [4.69, 9.17) is 4.74 Å². The Morgan fingerprint density at radius 1 is 1.20 bits per heavy atom. The Labute approximate surface area is 148 Å². The molecule has 1 aliphatic rings. The van der Waals surface area contributed by atoms with E-state index < -0.39 is 0 Å². The third-order valence-electron chi connectivity index (χ3n) is 4.56. The highest BCUT2D eigenvalue weighted by Gasteiger charge is 2.35. The minimum absolute atomic E-state index is 0.0625. The van der Waals surface area contributed by atoms with Gasteiger partial charge in [-0.05, 0) is 51.0 Å². The molecule has 3 nitrogen and oxygen atoms in total. The largest absolute Gasteiger partial charge is 0.493 e. The van der Waals surface area contributed by atoms with Crippen molar-refractivity contribution < 1.29 is 13.9 Å². The molecular formula is C21H24FNO2. The molecule has 4 heteroatoms. The number of carbonyl (C=O) groups excluding carboxylic acids is 1. The third kappa shape index (κ3) is 3.84. The first-order chi connectivity index (χ1) is 11.9. The smallest absolute Gasteiger partial charge is 0.231 e. The molecule has 2 aromatic carbocycles. The lowest BCUT2D eigenvalue weighted by atomic mass is 9.90. The van der Waals surface area contributed by atoms with Gasteiger partial charge in [-0.3, -0.25) is 4.79 Å². The van der Waals surface area contributed by atoms with Crippen LogP contribution < -0.4 is 4.74 Å². The maximum atomic E-state index is 13.5. The van der Waals surface area contributed by atoms with Crippen LogP contribution in [0.3, 0.4) is 0 Å². The van der Waals surface area contributed by atoms with Crippen LogP contribution in [0.5, 0.6) is 5.75 Å². The summed E-state index contributed by atoms with van der Waals surface area (Å²) in [6, 6.07) is 14.2. The number of benzene rings is 2. The van der Waals surface area contributed by atoms with E-state index in [9.17, 15) is 9.18 Å². The van der Waals surface area contributed by atoms with Crippen LogP contribution in [0.4, 0.5) is 4.39 Å². The van der Waals surface area contributed by atoms with Gasteiger partial charge in [0.15, 0.2) is 0 Å². The van der Waals surface area contributed by atoms with Crippen molar-refractivity contribution in [1.29, 1.82) is 0 Å². The quantitative estimate of drug-likeness (QED) is 0.821. The second-order valence-corrected chi connectivity index (χ2v) is 7.45. The van der Waals surface area contributed by atoms with Crippen molar-refractivity contribution >= 4 is 5.91 Å². The fourth-order valence-corrected chi connectivity index (χ4v) is 3.25. The molecule has 1 aliphatic heterocycles. The molecule has 0 saturated carbocycles. The van der Waals surface area contributed by atoms with Crippen LogP contribution in [0.2, 0.25) is 0 Å². The van der Waals surface area contributed by atoms with Gasteiger partial charge in [-0.25, -0.2) is 4.39 Å². The molecular weight excluding hydrogens is 317 g/mol. The average Bonchev–Trinajstić information content (AvgIpc) is 2.58. The van der Waals surface area contributed by atoms with E-state index in [1.54, 1.807) is 6.07 Å². The van der Waals surface area contributed by atoms with Gasteiger partial charge in [0.1, 0.15) is 11.6 Å². The Morgan fingerprint density at radius 2 is 1.96 bits per heavy atom. The number of amides is 1. The summed E-state index contributed by atoms with van der Waals surface area (Å²) in [5.41, 5.74) is 1.37. The number of hydrogen-bond donors (Lipinski definition) is 0. The van der Waals surface area contributed by atoms with Crippen LogP contribution in [0.25, 0.3) is 0 Å². The molecule has 2 aromatic rings. The lowest BCUT2D eigenvalue weighted by molar-refractivity contribution is -0.139. The first-order valence-corrected chi connectivity index (χ1v) is 8.64. The van der Waals surface area contributed by atoms with Gasteiger partial charge in [-0.1, -0.05) is 30.3 Å². The molecule has 0 aliphatic carbocycles. The van der Waals surface area contributed by atoms with Crippen molar-refractivity contribution in [2.45, 2.75) is 45.2 Å². The van der Waals surface area contributed by atoms with Crippen LogP contribution in [-0.2, 0) is 11.3 Å². The number of rotatable bonds is 3. The van der Waals surface area contributed by atoms with E-state index in [1.165, 1.54) is 12.1 Å². The van der Waals surface area contributed by atoms with Gasteiger partial charge in [-0.15, -0.1) is 0 Å². The Hall–Kier alpha value is -2.36. The molecule has 0 spiro atoms. The Kier molecular flexibility index (Phi) is 4.80. The first kappa shape index (κ1) is 17.5. The van der Waals surface area contributed by atoms with Gasteiger partial charge in [0.2, 0.25) is 5.91 Å². The lowest BCUT2D eigenvalue weighted by Gasteiger charge is -2.39. The zero-order valence-electron chi connectivity index (χ0n) is 15.0. The first-order valence-electron chi connectivity index (χ1n) is 8.64. The second-order valence-electron chi connectivity index (χ2n) is 7.45. The highest BCUT2D eigenvalue weighted by molar-refractivity contribution is 5.85. The zero-order chi connectivity index (χ0) is 18.0. The summed E-state index contributed by atoms with van der Waals surface area (Å²) in [7, 11) is 0. The standard InChI is InChI=1S/C21H24FNO2/c1-21(2,3)23(14-15-7-6-8-16(22)13-15)20(24)18-11-12-25-19-10-5-4-9-17(18)19/h4-10,13,18H,11-12,14H2,1-3H3/t18-/m1/s1. The van der Waals surface area contributed by atoms with Gasteiger partial charge in [0, 0.05) is 17.6 Å². The van der Waals surface area contributed by atoms with Gasteiger partial charge >= 0.3 is 0 Å². The summed E-state index contributed by atoms with van der Waals surface area (Å²) in [4.78, 5) is 15.2. The van der Waals surface area contributed by atoms with Crippen molar-refractivity contribution in [3.8, 4) is 5.75 Å². The monoisotopic (exact) mass is 341 g/mol. The van der Waals surface area contributed by atoms with E-state index in [1.807, 2.05) is 56.0 Å². The molecule has 0 aromatic heterocycles. The molecule has 0 fully saturated rings. The SMILES string of the molecule is CC(C)(C)N(Cc1cccc(F)c1)C(=O)[C@@H]1CCOc2ccccc21. The average molecular weight is 341 g/mol. The maximum absolute atomic E-state index is 13.5. The molecule has 1 heterocycles. The van der Waals surface area contributed by atoms with Gasteiger partial charge in [-0.2, -0.15) is 0 Å². The number of ether oxygens (including phenoxy) is 1. The molecule has 0 saturated heterocycles. The van der Waals surface area contributed by atoms with Gasteiger partial charge < -0.3 is 9.64 Å². The summed E-state index contributed by atoms with van der Waals surface area (Å²) in [6.45, 7) is 6.95. The fourth-order valence-electron chi connectivity index (χ4n) is 3.25. The zero-order valence-corrected chi connectivity index (χ0v) is 15.0. The van der Waals surface area contributed by atoms with E-state index in [2.05, 4.69) is 0 Å². The van der Waals surface area contributed by atoms with Crippen molar-refractivity contribution in [2.75, 3.05) is 6.61 Å². The molecule has 0 bridgehead atoms. The van der Waals surface area contributed by atoms with E-state index in [-0.39, 0.29) is 23.2 Å². The number of carbonyl (C=O) groups is 1. The fraction of sp³-hybridized carbons (Fsp3) is 0.381. The number of fused-ring (bicyclic) bond motifs is 1. The molecule has 25 heavy (non-hydrogen) atoms. The summed E-state index contributed by atoms with van der Waals surface area (Å²) >= 11 is 0. The predicted molar refractivity (Wildman–Crippen MR) is 96.0 cm³/mol. The number of nitrogens with zero attached hydrogens (tertiary/aromatic N) is 1. The minimum Gasteiger partial charge on any atom is -0.493 e. The van der Waals surface area contributed by atoms with Crippen LogP contribution in [0.1, 0.15) is 44.2 Å². The normalized spacial score (nSPS) is 16.7. The van der Waals surface area contributed by atoms with Crippen LogP contribution >= 0.6 is 0 Å². The molecule has 132 valence electrons. The molecule has 1 atom stereocenters. The number of para-hydroxylation sites is 1. The maximum Gasteiger partial charge on any atom is 0.231 e. The molecule has 0 unspecified atom stereocenters. The van der Waals surface area contributed by atoms with Crippen molar-refractivity contribution in [3.63, 3.8) is 0 Å². The molecule has 1 amide bonds. The Balaban J connectivity index is 1.91. The number of halogens is 1. The Morgan fingerprint density at radius 3 is 2.68 bits per heavy atom. The third-order valence-corrected chi connectivity index (χ3v) is 4.56. The molecule has 0 N–H and O–H groups in total. The summed E-state index contributed by atoms with van der Waals surface area (Å²) < 4.78 is 19.2. The molecule has 3 rings (SSSR count).